The lowest BCUT2D eigenvalue weighted by atomic mass is 10.2. The van der Waals surface area contributed by atoms with Crippen molar-refractivity contribution in [3.63, 3.8) is 0 Å². The number of nitrogens with one attached hydrogen (secondary N) is 1. The van der Waals surface area contributed by atoms with Crippen LogP contribution in [-0.4, -0.2) is 22.1 Å². The van der Waals surface area contributed by atoms with E-state index in [9.17, 15) is 14.7 Å². The third-order valence-corrected chi connectivity index (χ3v) is 1.62. The monoisotopic (exact) mass is 205 g/mol. The third-order valence-electron chi connectivity index (χ3n) is 1.62. The number of carboxylic acids is 1. The Morgan fingerprint density at radius 2 is 2.07 bits per heavy atom. The second kappa shape index (κ2) is 4.15. The Bertz CT molecular complexity index is 459. The van der Waals surface area contributed by atoms with Crippen molar-refractivity contribution >= 4 is 17.6 Å². The van der Waals surface area contributed by atoms with E-state index in [0.29, 0.717) is 0 Å². The van der Waals surface area contributed by atoms with Gasteiger partial charge in [0.05, 0.1) is 11.3 Å². The number of phenolic OH excluding ortho intramolecular Hbond substituents is 1. The Labute approximate surface area is 85.4 Å². The predicted molar refractivity (Wildman–Crippen MR) is 52.5 cm³/mol. The van der Waals surface area contributed by atoms with Crippen molar-refractivity contribution in [1.82, 2.24) is 0 Å². The van der Waals surface area contributed by atoms with E-state index >= 15 is 0 Å². The standard InChI is InChI=1S/C10H7NO4/c1-2-9(13)11-7-5-6(10(14)15)3-4-8(7)12/h1,3-5,12H,(H,11,13)(H,14,15). The quantitative estimate of drug-likeness (QED) is 0.489. The van der Waals surface area contributed by atoms with Gasteiger partial charge in [-0.25, -0.2) is 4.79 Å². The van der Waals surface area contributed by atoms with Gasteiger partial charge in [-0.3, -0.25) is 4.79 Å². The largest absolute Gasteiger partial charge is 0.506 e. The molecule has 3 N–H and O–H groups in total. The number of amides is 1. The van der Waals surface area contributed by atoms with Gasteiger partial charge < -0.3 is 15.5 Å². The zero-order chi connectivity index (χ0) is 11.4. The van der Waals surface area contributed by atoms with Crippen molar-refractivity contribution in [3.8, 4) is 18.1 Å². The maximum atomic E-state index is 10.8. The van der Waals surface area contributed by atoms with Gasteiger partial charge in [0.2, 0.25) is 0 Å². The average Bonchev–Trinajstić information content (AvgIpc) is 2.20. The lowest BCUT2D eigenvalue weighted by molar-refractivity contribution is -0.111. The van der Waals surface area contributed by atoms with Gasteiger partial charge in [-0.1, -0.05) is 0 Å². The first-order valence-corrected chi connectivity index (χ1v) is 3.88. The van der Waals surface area contributed by atoms with E-state index in [1.165, 1.54) is 6.07 Å². The fourth-order valence-electron chi connectivity index (χ4n) is 0.928. The zero-order valence-corrected chi connectivity index (χ0v) is 7.52. The van der Waals surface area contributed by atoms with Crippen LogP contribution >= 0.6 is 0 Å². The summed E-state index contributed by atoms with van der Waals surface area (Å²) in [5.41, 5.74) is -0.0852. The minimum Gasteiger partial charge on any atom is -0.506 e. The molecule has 0 radical (unpaired) electrons. The fourth-order valence-corrected chi connectivity index (χ4v) is 0.928. The van der Waals surface area contributed by atoms with E-state index < -0.39 is 11.9 Å². The Hall–Kier alpha value is -2.48. The van der Waals surface area contributed by atoms with Crippen molar-refractivity contribution in [2.75, 3.05) is 5.32 Å². The van der Waals surface area contributed by atoms with Crippen molar-refractivity contribution in [1.29, 1.82) is 0 Å². The third kappa shape index (κ3) is 2.48. The highest BCUT2D eigenvalue weighted by atomic mass is 16.4. The molecule has 0 spiro atoms. The van der Waals surface area contributed by atoms with Crippen molar-refractivity contribution in [3.05, 3.63) is 23.8 Å². The molecule has 76 valence electrons. The number of phenols is 1. The molecule has 0 saturated carbocycles. The molecule has 0 aromatic heterocycles. The molecule has 0 aliphatic rings. The van der Waals surface area contributed by atoms with Gasteiger partial charge in [-0.05, 0) is 24.1 Å². The molecule has 0 saturated heterocycles. The maximum Gasteiger partial charge on any atom is 0.335 e. The van der Waals surface area contributed by atoms with Crippen molar-refractivity contribution in [2.24, 2.45) is 0 Å². The molecule has 5 nitrogen and oxygen atoms in total. The number of anilines is 1. The van der Waals surface area contributed by atoms with Gasteiger partial charge in [-0.2, -0.15) is 0 Å². The summed E-state index contributed by atoms with van der Waals surface area (Å²) in [6, 6.07) is 3.49. The van der Waals surface area contributed by atoms with E-state index in [-0.39, 0.29) is 17.0 Å². The summed E-state index contributed by atoms with van der Waals surface area (Å²) in [6.07, 6.45) is 4.81. The van der Waals surface area contributed by atoms with Crippen LogP contribution < -0.4 is 5.32 Å². The molecule has 0 aliphatic carbocycles. The SMILES string of the molecule is C#CC(=O)Nc1cc(C(=O)O)ccc1O. The molecule has 0 atom stereocenters. The first-order valence-electron chi connectivity index (χ1n) is 3.88. The van der Waals surface area contributed by atoms with Crippen molar-refractivity contribution in [2.45, 2.75) is 0 Å². The van der Waals surface area contributed by atoms with Crippen LogP contribution in [0.25, 0.3) is 0 Å². The molecular weight excluding hydrogens is 198 g/mol. The van der Waals surface area contributed by atoms with E-state index in [1.54, 1.807) is 5.92 Å². The Morgan fingerprint density at radius 3 is 2.60 bits per heavy atom. The number of benzene rings is 1. The summed E-state index contributed by atoms with van der Waals surface area (Å²) in [5.74, 6) is -0.383. The summed E-state index contributed by atoms with van der Waals surface area (Å²) < 4.78 is 0. The van der Waals surface area contributed by atoms with Gasteiger partial charge in [0, 0.05) is 0 Å². The number of aromatic hydroxyl groups is 1. The predicted octanol–water partition coefficient (Wildman–Crippen LogP) is 0.662. The maximum absolute atomic E-state index is 10.8. The Balaban J connectivity index is 3.07. The van der Waals surface area contributed by atoms with E-state index in [0.717, 1.165) is 12.1 Å². The molecule has 1 aromatic rings. The number of hydrogen-bond donors (Lipinski definition) is 3. The van der Waals surface area contributed by atoms with Gasteiger partial charge in [0.25, 0.3) is 5.91 Å². The van der Waals surface area contributed by atoms with Gasteiger partial charge >= 0.3 is 5.97 Å². The van der Waals surface area contributed by atoms with Gasteiger partial charge in [-0.15, -0.1) is 6.42 Å². The van der Waals surface area contributed by atoms with Crippen molar-refractivity contribution < 1.29 is 19.8 Å². The van der Waals surface area contributed by atoms with Crippen LogP contribution in [0, 0.1) is 12.3 Å². The van der Waals surface area contributed by atoms with Gasteiger partial charge in [0.15, 0.2) is 0 Å². The molecule has 0 unspecified atom stereocenters. The minimum atomic E-state index is -1.16. The molecular formula is C10H7NO4. The molecule has 0 heterocycles. The van der Waals surface area contributed by atoms with Crippen LogP contribution in [0.5, 0.6) is 5.75 Å². The van der Waals surface area contributed by atoms with Crippen LogP contribution in [0.1, 0.15) is 10.4 Å². The van der Waals surface area contributed by atoms with E-state index in [4.69, 9.17) is 11.5 Å². The molecule has 1 amide bonds. The molecule has 0 bridgehead atoms. The first kappa shape index (κ1) is 10.6. The first-order chi connectivity index (χ1) is 7.04. The lowest BCUT2D eigenvalue weighted by Crippen LogP contribution is -2.09. The second-order valence-electron chi connectivity index (χ2n) is 2.64. The highest BCUT2D eigenvalue weighted by Gasteiger charge is 2.09. The highest BCUT2D eigenvalue weighted by Crippen LogP contribution is 2.23. The summed E-state index contributed by atoms with van der Waals surface area (Å²) in [5, 5.41) is 20.1. The topological polar surface area (TPSA) is 86.6 Å². The van der Waals surface area contributed by atoms with E-state index in [2.05, 4.69) is 5.32 Å². The number of aromatic carboxylic acids is 1. The van der Waals surface area contributed by atoms with Crippen LogP contribution in [0.3, 0.4) is 0 Å². The summed E-state index contributed by atoms with van der Waals surface area (Å²) in [6.45, 7) is 0. The molecule has 0 aliphatic heterocycles. The Kier molecular flexibility index (Phi) is 2.94. The average molecular weight is 205 g/mol. The number of hydrogen-bond acceptors (Lipinski definition) is 3. The molecule has 0 fully saturated rings. The van der Waals surface area contributed by atoms with Gasteiger partial charge in [0.1, 0.15) is 5.75 Å². The number of carbonyl (C=O) groups excluding carboxylic acids is 1. The zero-order valence-electron chi connectivity index (χ0n) is 7.52. The number of rotatable bonds is 2. The minimum absolute atomic E-state index is 0.0298. The Morgan fingerprint density at radius 1 is 1.40 bits per heavy atom. The van der Waals surface area contributed by atoms with Crippen LogP contribution in [-0.2, 0) is 4.79 Å². The fraction of sp³-hybridized carbons (Fsp3) is 0. The highest BCUT2D eigenvalue weighted by molar-refractivity contribution is 6.05. The number of terminal acetylenes is 1. The molecule has 5 heteroatoms. The second-order valence-corrected chi connectivity index (χ2v) is 2.64. The smallest absolute Gasteiger partial charge is 0.335 e. The summed E-state index contributed by atoms with van der Waals surface area (Å²) in [4.78, 5) is 21.4. The number of carbonyl (C=O) groups is 2. The van der Waals surface area contributed by atoms with E-state index in [1.807, 2.05) is 0 Å². The number of carboxylic acid groups (broad SMARTS) is 1. The summed E-state index contributed by atoms with van der Waals surface area (Å²) in [7, 11) is 0. The lowest BCUT2D eigenvalue weighted by Gasteiger charge is -2.04. The van der Waals surface area contributed by atoms with Crippen LogP contribution in [0.2, 0.25) is 0 Å². The van der Waals surface area contributed by atoms with Crippen LogP contribution in [0.4, 0.5) is 5.69 Å². The molecule has 15 heavy (non-hydrogen) atoms. The summed E-state index contributed by atoms with van der Waals surface area (Å²) >= 11 is 0. The molecule has 1 rings (SSSR count). The molecule has 1 aromatic carbocycles. The normalized spacial score (nSPS) is 9.00. The van der Waals surface area contributed by atoms with Crippen LogP contribution in [0.15, 0.2) is 18.2 Å².